The van der Waals surface area contributed by atoms with Crippen molar-refractivity contribution < 1.29 is 4.79 Å². The van der Waals surface area contributed by atoms with Gasteiger partial charge in [0.2, 0.25) is 0 Å². The molecule has 0 aliphatic carbocycles. The Morgan fingerprint density at radius 3 is 2.57 bits per heavy atom. The molecule has 2 aromatic rings. The molecule has 1 amide bonds. The summed E-state index contributed by atoms with van der Waals surface area (Å²) >= 11 is 5.77. The van der Waals surface area contributed by atoms with E-state index < -0.39 is 0 Å². The number of halogens is 1. The molecule has 0 saturated carbocycles. The average molecular weight is 304 g/mol. The molecule has 0 aliphatic heterocycles. The molecule has 0 saturated heterocycles. The largest absolute Gasteiger partial charge is 0.344 e. The number of amides is 1. The van der Waals surface area contributed by atoms with E-state index in [4.69, 9.17) is 11.6 Å². The molecule has 0 bridgehead atoms. The van der Waals surface area contributed by atoms with E-state index in [-0.39, 0.29) is 22.8 Å². The zero-order valence-electron chi connectivity index (χ0n) is 12.1. The summed E-state index contributed by atoms with van der Waals surface area (Å²) in [6.07, 6.45) is 3.67. The SMILES string of the molecule is CC(C)CC(NC(=O)c1cncc(Cl)n1)c1ccccc1. The van der Waals surface area contributed by atoms with Gasteiger partial charge in [0.05, 0.1) is 18.4 Å². The molecule has 1 aromatic heterocycles. The molecule has 0 spiro atoms. The third-order valence-electron chi connectivity index (χ3n) is 3.05. The maximum Gasteiger partial charge on any atom is 0.272 e. The second-order valence-corrected chi connectivity index (χ2v) is 5.68. The predicted molar refractivity (Wildman–Crippen MR) is 83.1 cm³/mol. The van der Waals surface area contributed by atoms with Crippen LogP contribution >= 0.6 is 11.6 Å². The molecule has 5 heteroatoms. The van der Waals surface area contributed by atoms with Gasteiger partial charge in [0.15, 0.2) is 0 Å². The highest BCUT2D eigenvalue weighted by Gasteiger charge is 2.18. The van der Waals surface area contributed by atoms with Crippen LogP contribution in [0, 0.1) is 5.92 Å². The summed E-state index contributed by atoms with van der Waals surface area (Å²) in [6, 6.07) is 9.86. The molecule has 0 fully saturated rings. The summed E-state index contributed by atoms with van der Waals surface area (Å²) in [5.41, 5.74) is 1.31. The van der Waals surface area contributed by atoms with E-state index in [1.54, 1.807) is 0 Å². The van der Waals surface area contributed by atoms with Gasteiger partial charge in [-0.1, -0.05) is 55.8 Å². The normalized spacial score (nSPS) is 12.2. The molecule has 1 N–H and O–H groups in total. The molecule has 1 atom stereocenters. The lowest BCUT2D eigenvalue weighted by Gasteiger charge is -2.21. The highest BCUT2D eigenvalue weighted by Crippen LogP contribution is 2.21. The smallest absolute Gasteiger partial charge is 0.272 e. The van der Waals surface area contributed by atoms with E-state index in [0.29, 0.717) is 5.92 Å². The fraction of sp³-hybridized carbons (Fsp3) is 0.312. The van der Waals surface area contributed by atoms with Gasteiger partial charge in [0.1, 0.15) is 10.8 Å². The number of rotatable bonds is 5. The minimum Gasteiger partial charge on any atom is -0.344 e. The predicted octanol–water partition coefficient (Wildman–Crippen LogP) is 3.65. The number of benzene rings is 1. The van der Waals surface area contributed by atoms with E-state index in [1.165, 1.54) is 12.4 Å². The van der Waals surface area contributed by atoms with Crippen molar-refractivity contribution in [2.24, 2.45) is 5.92 Å². The number of nitrogens with zero attached hydrogens (tertiary/aromatic N) is 2. The summed E-state index contributed by atoms with van der Waals surface area (Å²) in [6.45, 7) is 4.25. The first-order valence-electron chi connectivity index (χ1n) is 6.89. The molecular formula is C16H18ClN3O. The molecule has 2 rings (SSSR count). The molecule has 0 aliphatic rings. The second kappa shape index (κ2) is 7.18. The van der Waals surface area contributed by atoms with Crippen molar-refractivity contribution in [1.29, 1.82) is 0 Å². The first-order valence-corrected chi connectivity index (χ1v) is 7.27. The van der Waals surface area contributed by atoms with Crippen LogP contribution in [0.2, 0.25) is 5.15 Å². The summed E-state index contributed by atoms with van der Waals surface area (Å²) in [5, 5.41) is 3.22. The zero-order valence-corrected chi connectivity index (χ0v) is 12.8. The number of carbonyl (C=O) groups excluding carboxylic acids is 1. The molecular weight excluding hydrogens is 286 g/mol. The standard InChI is InChI=1S/C16H18ClN3O/c1-11(2)8-13(12-6-4-3-5-7-12)20-16(21)14-9-18-10-15(17)19-14/h3-7,9-11,13H,8H2,1-2H3,(H,20,21). The number of hydrogen-bond acceptors (Lipinski definition) is 3. The van der Waals surface area contributed by atoms with Gasteiger partial charge in [-0.05, 0) is 17.9 Å². The monoisotopic (exact) mass is 303 g/mol. The van der Waals surface area contributed by atoms with Gasteiger partial charge in [-0.15, -0.1) is 0 Å². The van der Waals surface area contributed by atoms with Gasteiger partial charge in [-0.25, -0.2) is 4.98 Å². The average Bonchev–Trinajstić information content (AvgIpc) is 2.47. The quantitative estimate of drug-likeness (QED) is 0.917. The Hall–Kier alpha value is -1.94. The Labute approximate surface area is 129 Å². The lowest BCUT2D eigenvalue weighted by Crippen LogP contribution is -2.30. The Morgan fingerprint density at radius 2 is 1.95 bits per heavy atom. The summed E-state index contributed by atoms with van der Waals surface area (Å²) in [4.78, 5) is 20.2. The fourth-order valence-electron chi connectivity index (χ4n) is 2.12. The number of hydrogen-bond donors (Lipinski definition) is 1. The first kappa shape index (κ1) is 15.4. The van der Waals surface area contributed by atoms with E-state index in [1.807, 2.05) is 30.3 Å². The Bertz CT molecular complexity index is 601. The molecule has 110 valence electrons. The Morgan fingerprint density at radius 1 is 1.24 bits per heavy atom. The van der Waals surface area contributed by atoms with Crippen LogP contribution in [0.25, 0.3) is 0 Å². The van der Waals surface area contributed by atoms with Crippen molar-refractivity contribution in [3.05, 3.63) is 59.1 Å². The van der Waals surface area contributed by atoms with Crippen LogP contribution in [-0.2, 0) is 0 Å². The molecule has 1 heterocycles. The van der Waals surface area contributed by atoms with Crippen molar-refractivity contribution in [3.8, 4) is 0 Å². The van der Waals surface area contributed by atoms with E-state index >= 15 is 0 Å². The van der Waals surface area contributed by atoms with E-state index in [0.717, 1.165) is 12.0 Å². The maximum absolute atomic E-state index is 12.3. The van der Waals surface area contributed by atoms with E-state index in [9.17, 15) is 4.79 Å². The van der Waals surface area contributed by atoms with Crippen LogP contribution in [0.15, 0.2) is 42.7 Å². The lowest BCUT2D eigenvalue weighted by molar-refractivity contribution is 0.0926. The van der Waals surface area contributed by atoms with Crippen LogP contribution in [0.5, 0.6) is 0 Å². The summed E-state index contributed by atoms with van der Waals surface area (Å²) in [7, 11) is 0. The van der Waals surface area contributed by atoms with Crippen molar-refractivity contribution in [3.63, 3.8) is 0 Å². The molecule has 1 unspecified atom stereocenters. The van der Waals surface area contributed by atoms with Crippen LogP contribution < -0.4 is 5.32 Å². The molecule has 0 radical (unpaired) electrons. The highest BCUT2D eigenvalue weighted by molar-refractivity contribution is 6.29. The van der Waals surface area contributed by atoms with Gasteiger partial charge in [0.25, 0.3) is 5.91 Å². The van der Waals surface area contributed by atoms with Gasteiger partial charge in [-0.2, -0.15) is 0 Å². The van der Waals surface area contributed by atoms with Crippen molar-refractivity contribution in [2.45, 2.75) is 26.3 Å². The van der Waals surface area contributed by atoms with Crippen molar-refractivity contribution in [1.82, 2.24) is 15.3 Å². The van der Waals surface area contributed by atoms with Crippen LogP contribution in [0.4, 0.5) is 0 Å². The Kier molecular flexibility index (Phi) is 5.28. The lowest BCUT2D eigenvalue weighted by atomic mass is 9.97. The summed E-state index contributed by atoms with van der Waals surface area (Å²) < 4.78 is 0. The minimum absolute atomic E-state index is 0.0560. The number of carbonyl (C=O) groups is 1. The maximum atomic E-state index is 12.3. The molecule has 4 nitrogen and oxygen atoms in total. The first-order chi connectivity index (χ1) is 10.1. The van der Waals surface area contributed by atoms with Gasteiger partial charge < -0.3 is 5.32 Å². The van der Waals surface area contributed by atoms with Crippen LogP contribution in [0.3, 0.4) is 0 Å². The molecule has 21 heavy (non-hydrogen) atoms. The minimum atomic E-state index is -0.264. The van der Waals surface area contributed by atoms with Gasteiger partial charge in [0, 0.05) is 0 Å². The van der Waals surface area contributed by atoms with Gasteiger partial charge in [-0.3, -0.25) is 9.78 Å². The van der Waals surface area contributed by atoms with Crippen LogP contribution in [0.1, 0.15) is 42.4 Å². The van der Waals surface area contributed by atoms with E-state index in [2.05, 4.69) is 29.1 Å². The van der Waals surface area contributed by atoms with Crippen molar-refractivity contribution in [2.75, 3.05) is 0 Å². The molecule has 1 aromatic carbocycles. The summed E-state index contributed by atoms with van der Waals surface area (Å²) in [5.74, 6) is 0.195. The second-order valence-electron chi connectivity index (χ2n) is 5.29. The van der Waals surface area contributed by atoms with Gasteiger partial charge >= 0.3 is 0 Å². The third-order valence-corrected chi connectivity index (χ3v) is 3.23. The van der Waals surface area contributed by atoms with Crippen LogP contribution in [-0.4, -0.2) is 15.9 Å². The fourth-order valence-corrected chi connectivity index (χ4v) is 2.27. The van der Waals surface area contributed by atoms with Crippen molar-refractivity contribution >= 4 is 17.5 Å². The zero-order chi connectivity index (χ0) is 15.2. The Balaban J connectivity index is 2.17. The number of nitrogens with one attached hydrogen (secondary N) is 1. The highest BCUT2D eigenvalue weighted by atomic mass is 35.5. The number of aromatic nitrogens is 2. The topological polar surface area (TPSA) is 54.9 Å². The third kappa shape index (κ3) is 4.53.